The Balaban J connectivity index is 0.000000289. The van der Waals surface area contributed by atoms with E-state index in [0.717, 1.165) is 35.2 Å². The van der Waals surface area contributed by atoms with Gasteiger partial charge in [0.2, 0.25) is 5.91 Å². The lowest BCUT2D eigenvalue weighted by molar-refractivity contribution is -0.139. The minimum atomic E-state index is -0.0920. The number of rotatable bonds is 3. The van der Waals surface area contributed by atoms with Crippen LogP contribution in [0, 0.1) is 38.9 Å². The summed E-state index contributed by atoms with van der Waals surface area (Å²) in [5.74, 6) is 0.132. The van der Waals surface area contributed by atoms with Gasteiger partial charge in [-0.1, -0.05) is 27.4 Å². The van der Waals surface area contributed by atoms with E-state index in [1.807, 2.05) is 39.5 Å². The van der Waals surface area contributed by atoms with Crippen LogP contribution in [0.15, 0.2) is 18.3 Å². The van der Waals surface area contributed by atoms with Crippen molar-refractivity contribution in [3.8, 4) is 0 Å². The van der Waals surface area contributed by atoms with E-state index in [2.05, 4.69) is 34.3 Å². The Kier molecular flexibility index (Phi) is 7.44. The summed E-state index contributed by atoms with van der Waals surface area (Å²) in [4.78, 5) is 14.2. The normalized spacial score (nSPS) is 15.3. The van der Waals surface area contributed by atoms with Crippen LogP contribution in [-0.4, -0.2) is 16.3 Å². The first-order valence-corrected chi connectivity index (χ1v) is 9.91. The number of carbonyl (C=O) groups excluding carboxylic acids is 1. The summed E-state index contributed by atoms with van der Waals surface area (Å²) < 4.78 is 13.0. The van der Waals surface area contributed by atoms with E-state index in [1.165, 1.54) is 12.0 Å². The van der Waals surface area contributed by atoms with Crippen molar-refractivity contribution in [2.75, 3.05) is 0 Å². The zero-order valence-electron chi connectivity index (χ0n) is 18.8. The van der Waals surface area contributed by atoms with Gasteiger partial charge in [0.1, 0.15) is 5.82 Å². The van der Waals surface area contributed by atoms with Crippen LogP contribution in [-0.2, 0) is 4.79 Å². The molecule has 1 fully saturated rings. The molecule has 27 heavy (non-hydrogen) atoms. The first-order chi connectivity index (χ1) is 12.2. The maximum absolute atomic E-state index is 13.0. The van der Waals surface area contributed by atoms with E-state index < -0.39 is 0 Å². The molecule has 0 N–H and O–H groups in total. The fourth-order valence-corrected chi connectivity index (χ4v) is 3.58. The Morgan fingerprint density at radius 3 is 2.04 bits per heavy atom. The predicted octanol–water partition coefficient (Wildman–Crippen LogP) is 6.79. The second-order valence-electron chi connectivity index (χ2n) is 9.60. The van der Waals surface area contributed by atoms with Gasteiger partial charge in [0.05, 0.1) is 0 Å². The molecule has 1 saturated carbocycles. The Hall–Kier alpha value is -1.64. The molecule has 0 radical (unpaired) electrons. The molecule has 1 aromatic carbocycles. The first kappa shape index (κ1) is 23.4. The predicted molar refractivity (Wildman–Crippen MR) is 113 cm³/mol. The zero-order chi connectivity index (χ0) is 21.2. The van der Waals surface area contributed by atoms with Crippen molar-refractivity contribution in [2.45, 2.75) is 93.5 Å². The molecule has 1 amide bonds. The quantitative estimate of drug-likeness (QED) is 0.570. The number of amides is 1. The Labute approximate surface area is 165 Å². The van der Waals surface area contributed by atoms with Crippen molar-refractivity contribution >= 4 is 5.91 Å². The number of halogens is 1. The molecule has 0 atom stereocenters. The summed E-state index contributed by atoms with van der Waals surface area (Å²) in [6.07, 6.45) is 4.03. The topological polar surface area (TPSA) is 20.3 Å². The van der Waals surface area contributed by atoms with Crippen molar-refractivity contribution in [3.63, 3.8) is 0 Å². The van der Waals surface area contributed by atoms with Crippen LogP contribution in [0.3, 0.4) is 0 Å². The van der Waals surface area contributed by atoms with E-state index in [9.17, 15) is 9.18 Å². The van der Waals surface area contributed by atoms with Crippen LogP contribution in [0.2, 0.25) is 0 Å². The van der Waals surface area contributed by atoms with E-state index in [4.69, 9.17) is 0 Å². The summed E-state index contributed by atoms with van der Waals surface area (Å²) >= 11 is 0. The average Bonchev–Trinajstić information content (AvgIpc) is 2.48. The van der Waals surface area contributed by atoms with Crippen molar-refractivity contribution in [1.29, 1.82) is 0 Å². The van der Waals surface area contributed by atoms with Crippen LogP contribution in [0.25, 0.3) is 0 Å². The molecule has 0 heterocycles. The smallest absolute Gasteiger partial charge is 0.227 e. The minimum Gasteiger partial charge on any atom is -0.311 e. The third-order valence-electron chi connectivity index (χ3n) is 5.70. The molecular weight excluding hydrogens is 337 g/mol. The molecule has 0 bridgehead atoms. The molecule has 0 spiro atoms. The number of allylic oxidation sites excluding steroid dienone is 1. The highest BCUT2D eigenvalue weighted by Gasteiger charge is 2.41. The van der Waals surface area contributed by atoms with Crippen molar-refractivity contribution in [2.24, 2.45) is 5.41 Å². The summed E-state index contributed by atoms with van der Waals surface area (Å²) in [5, 5.41) is 0. The summed E-state index contributed by atoms with van der Waals surface area (Å²) in [7, 11) is 0. The monoisotopic (exact) mass is 375 g/mol. The van der Waals surface area contributed by atoms with E-state index in [1.54, 1.807) is 6.07 Å². The lowest BCUT2D eigenvalue weighted by atomic mass is 9.76. The highest BCUT2D eigenvalue weighted by molar-refractivity contribution is 5.79. The molecule has 0 aliphatic heterocycles. The van der Waals surface area contributed by atoms with Gasteiger partial charge in [0.15, 0.2) is 0 Å². The van der Waals surface area contributed by atoms with Crippen molar-refractivity contribution in [1.82, 2.24) is 4.90 Å². The first-order valence-electron chi connectivity index (χ1n) is 9.91. The van der Waals surface area contributed by atoms with Gasteiger partial charge in [-0.2, -0.15) is 0 Å². The molecule has 3 heteroatoms. The van der Waals surface area contributed by atoms with Gasteiger partial charge in [-0.25, -0.2) is 4.39 Å². The van der Waals surface area contributed by atoms with Gasteiger partial charge >= 0.3 is 0 Å². The van der Waals surface area contributed by atoms with Gasteiger partial charge in [-0.05, 0) is 94.5 Å². The average molecular weight is 376 g/mol. The van der Waals surface area contributed by atoms with Crippen LogP contribution in [0.1, 0.15) is 82.6 Å². The standard InChI is InChI=1S/C14H25NO.C10H13F/c1-11(2)15(14(6)8-7-9-14)12(16)10-13(3,4)5;1-6-5-10(11)9(4)8(3)7(6)2/h1,7-10H2,2-6H3;5H,1-4H3. The molecule has 0 unspecified atom stereocenters. The SMILES string of the molecule is C=C(C)N(C(=O)CC(C)(C)C)C1(C)CCC1.Cc1cc(F)c(C)c(C)c1C. The van der Waals surface area contributed by atoms with Crippen LogP contribution >= 0.6 is 0 Å². The molecule has 2 nitrogen and oxygen atoms in total. The molecule has 0 aromatic heterocycles. The van der Waals surface area contributed by atoms with Gasteiger partial charge in [0.25, 0.3) is 0 Å². The van der Waals surface area contributed by atoms with E-state index in [0.29, 0.717) is 6.42 Å². The van der Waals surface area contributed by atoms with Gasteiger partial charge in [0, 0.05) is 17.7 Å². The molecule has 152 valence electrons. The Morgan fingerprint density at radius 2 is 1.67 bits per heavy atom. The highest BCUT2D eigenvalue weighted by atomic mass is 19.1. The Bertz CT molecular complexity index is 682. The summed E-state index contributed by atoms with van der Waals surface area (Å²) in [6, 6.07) is 1.59. The van der Waals surface area contributed by atoms with Crippen molar-refractivity contribution < 1.29 is 9.18 Å². The van der Waals surface area contributed by atoms with E-state index in [-0.39, 0.29) is 22.7 Å². The fourth-order valence-electron chi connectivity index (χ4n) is 3.58. The molecule has 1 aromatic rings. The van der Waals surface area contributed by atoms with Crippen molar-refractivity contribution in [3.05, 3.63) is 46.4 Å². The maximum Gasteiger partial charge on any atom is 0.227 e. The largest absolute Gasteiger partial charge is 0.311 e. The highest BCUT2D eigenvalue weighted by Crippen LogP contribution is 2.40. The lowest BCUT2D eigenvalue weighted by Crippen LogP contribution is -2.53. The van der Waals surface area contributed by atoms with Gasteiger partial charge in [-0.3, -0.25) is 4.79 Å². The number of hydrogen-bond acceptors (Lipinski definition) is 1. The molecule has 1 aliphatic carbocycles. The van der Waals surface area contributed by atoms with Crippen LogP contribution in [0.4, 0.5) is 4.39 Å². The number of carbonyl (C=O) groups is 1. The minimum absolute atomic E-state index is 0.0359. The number of benzene rings is 1. The number of aryl methyl sites for hydroxylation is 1. The zero-order valence-corrected chi connectivity index (χ0v) is 18.8. The molecule has 2 rings (SSSR count). The third-order valence-corrected chi connectivity index (χ3v) is 5.70. The van der Waals surface area contributed by atoms with E-state index >= 15 is 0 Å². The fraction of sp³-hybridized carbons (Fsp3) is 0.625. The van der Waals surface area contributed by atoms with Crippen LogP contribution in [0.5, 0.6) is 0 Å². The Morgan fingerprint density at radius 1 is 1.15 bits per heavy atom. The summed E-state index contributed by atoms with van der Waals surface area (Å²) in [5.41, 5.74) is 5.04. The molecule has 1 aliphatic rings. The number of hydrogen-bond donors (Lipinski definition) is 0. The second-order valence-corrected chi connectivity index (χ2v) is 9.60. The molecular formula is C24H38FNO. The molecule has 0 saturated heterocycles. The van der Waals surface area contributed by atoms with Gasteiger partial charge < -0.3 is 4.90 Å². The maximum atomic E-state index is 13.0. The van der Waals surface area contributed by atoms with Gasteiger partial charge in [-0.15, -0.1) is 0 Å². The third kappa shape index (κ3) is 5.92. The van der Waals surface area contributed by atoms with Crippen LogP contribution < -0.4 is 0 Å². The lowest BCUT2D eigenvalue weighted by Gasteiger charge is -2.48. The summed E-state index contributed by atoms with van der Waals surface area (Å²) in [6.45, 7) is 22.1. The number of nitrogens with zero attached hydrogens (tertiary/aromatic N) is 1. The second kappa shape index (κ2) is 8.58.